The molecule has 1 aromatic rings. The molecule has 2 aliphatic rings. The Bertz CT molecular complexity index is 452. The first kappa shape index (κ1) is 12.2. The van der Waals surface area contributed by atoms with Crippen LogP contribution in [-0.2, 0) is 16.9 Å². The molecule has 3 rings (SSSR count). The van der Waals surface area contributed by atoms with E-state index in [9.17, 15) is 5.11 Å². The van der Waals surface area contributed by atoms with Crippen LogP contribution in [0.1, 0.15) is 37.8 Å². The highest BCUT2D eigenvalue weighted by molar-refractivity contribution is 5.35. The fourth-order valence-corrected chi connectivity index (χ4v) is 3.27. The highest BCUT2D eigenvalue weighted by Gasteiger charge is 2.49. The van der Waals surface area contributed by atoms with E-state index in [0.29, 0.717) is 0 Å². The zero-order valence-corrected chi connectivity index (χ0v) is 11.1. The molecule has 0 saturated carbocycles. The van der Waals surface area contributed by atoms with Crippen molar-refractivity contribution >= 4 is 0 Å². The molecule has 0 unspecified atom stereocenters. The van der Waals surface area contributed by atoms with Gasteiger partial charge in [-0.3, -0.25) is 0 Å². The molecule has 0 spiro atoms. The average molecular weight is 247 g/mol. The second-order valence-electron chi connectivity index (χ2n) is 6.04. The van der Waals surface area contributed by atoms with Crippen molar-refractivity contribution < 1.29 is 9.84 Å². The maximum absolute atomic E-state index is 11.1. The lowest BCUT2D eigenvalue weighted by Gasteiger charge is -2.46. The highest BCUT2D eigenvalue weighted by atomic mass is 16.6. The minimum Gasteiger partial charge on any atom is -0.361 e. The van der Waals surface area contributed by atoms with E-state index in [-0.39, 0.29) is 11.6 Å². The molecule has 0 amide bonds. The van der Waals surface area contributed by atoms with Crippen molar-refractivity contribution in [2.24, 2.45) is 0 Å². The predicted molar refractivity (Wildman–Crippen MR) is 70.2 cm³/mol. The lowest BCUT2D eigenvalue weighted by atomic mass is 9.83. The van der Waals surface area contributed by atoms with E-state index in [4.69, 9.17) is 4.74 Å². The maximum atomic E-state index is 11.1. The molecular weight excluding hydrogens is 226 g/mol. The van der Waals surface area contributed by atoms with E-state index in [0.717, 1.165) is 31.4 Å². The second kappa shape index (κ2) is 4.05. The number of rotatable bonds is 1. The van der Waals surface area contributed by atoms with Crippen molar-refractivity contribution in [2.45, 2.75) is 50.5 Å². The normalized spacial score (nSPS) is 34.3. The van der Waals surface area contributed by atoms with Gasteiger partial charge in [0.25, 0.3) is 0 Å². The molecule has 98 valence electrons. The Kier molecular flexibility index (Phi) is 2.73. The minimum atomic E-state index is -1.19. The van der Waals surface area contributed by atoms with Crippen molar-refractivity contribution in [1.82, 2.24) is 5.32 Å². The van der Waals surface area contributed by atoms with Gasteiger partial charge < -0.3 is 15.2 Å². The molecule has 3 heteroatoms. The van der Waals surface area contributed by atoms with Gasteiger partial charge in [-0.15, -0.1) is 0 Å². The Morgan fingerprint density at radius 1 is 1.33 bits per heavy atom. The molecule has 0 radical (unpaired) electrons. The lowest BCUT2D eigenvalue weighted by Crippen LogP contribution is -2.55. The van der Waals surface area contributed by atoms with Gasteiger partial charge in [-0.05, 0) is 38.8 Å². The average Bonchev–Trinajstić information content (AvgIpc) is 2.81. The Morgan fingerprint density at radius 3 is 2.83 bits per heavy atom. The fraction of sp³-hybridized carbons (Fsp3) is 0.600. The minimum absolute atomic E-state index is 0.00164. The smallest absolute Gasteiger partial charge is 0.209 e. The van der Waals surface area contributed by atoms with E-state index < -0.39 is 5.79 Å². The van der Waals surface area contributed by atoms with Gasteiger partial charge in [-0.1, -0.05) is 24.3 Å². The van der Waals surface area contributed by atoms with Crippen LogP contribution in [0.4, 0.5) is 0 Å². The summed E-state index contributed by atoms with van der Waals surface area (Å²) in [5, 5.41) is 14.4. The van der Waals surface area contributed by atoms with Gasteiger partial charge in [0.2, 0.25) is 5.79 Å². The van der Waals surface area contributed by atoms with E-state index in [1.165, 1.54) is 5.56 Å². The zero-order chi connectivity index (χ0) is 12.8. The Balaban J connectivity index is 2.07. The zero-order valence-electron chi connectivity index (χ0n) is 11.1. The van der Waals surface area contributed by atoms with Crippen molar-refractivity contribution in [3.05, 3.63) is 35.4 Å². The Labute approximate surface area is 108 Å². The molecule has 1 aromatic carbocycles. The first-order valence-corrected chi connectivity index (χ1v) is 6.76. The van der Waals surface area contributed by atoms with Crippen molar-refractivity contribution in [3.63, 3.8) is 0 Å². The van der Waals surface area contributed by atoms with Crippen LogP contribution >= 0.6 is 0 Å². The molecule has 2 atom stereocenters. The van der Waals surface area contributed by atoms with Crippen LogP contribution in [0.2, 0.25) is 0 Å². The van der Waals surface area contributed by atoms with Crippen LogP contribution in [-0.4, -0.2) is 23.3 Å². The third kappa shape index (κ3) is 1.87. The second-order valence-corrected chi connectivity index (χ2v) is 6.04. The van der Waals surface area contributed by atoms with Gasteiger partial charge in [0, 0.05) is 12.0 Å². The molecule has 1 saturated heterocycles. The van der Waals surface area contributed by atoms with Crippen molar-refractivity contribution in [2.75, 3.05) is 6.54 Å². The van der Waals surface area contributed by atoms with Gasteiger partial charge in [0.05, 0.1) is 11.6 Å². The number of fused-ring (bicyclic) bond motifs is 1. The number of benzene rings is 1. The summed E-state index contributed by atoms with van der Waals surface area (Å²) in [5.74, 6) is -1.19. The van der Waals surface area contributed by atoms with Crippen LogP contribution in [0.3, 0.4) is 0 Å². The van der Waals surface area contributed by atoms with E-state index in [2.05, 4.69) is 11.4 Å². The molecule has 2 heterocycles. The van der Waals surface area contributed by atoms with Crippen LogP contribution in [0.5, 0.6) is 0 Å². The number of nitrogens with one attached hydrogen (secondary N) is 1. The van der Waals surface area contributed by atoms with Crippen LogP contribution in [0.15, 0.2) is 24.3 Å². The Hall–Kier alpha value is -0.900. The summed E-state index contributed by atoms with van der Waals surface area (Å²) < 4.78 is 6.06. The molecule has 18 heavy (non-hydrogen) atoms. The van der Waals surface area contributed by atoms with Gasteiger partial charge in [0.15, 0.2) is 0 Å². The van der Waals surface area contributed by atoms with Crippen LogP contribution < -0.4 is 5.32 Å². The summed E-state index contributed by atoms with van der Waals surface area (Å²) in [7, 11) is 0. The maximum Gasteiger partial charge on any atom is 0.209 e. The summed E-state index contributed by atoms with van der Waals surface area (Å²) in [6.07, 6.45) is 2.90. The van der Waals surface area contributed by atoms with E-state index in [1.54, 1.807) is 0 Å². The monoisotopic (exact) mass is 247 g/mol. The van der Waals surface area contributed by atoms with Crippen molar-refractivity contribution in [1.29, 1.82) is 0 Å². The molecular formula is C15H21NO2. The fourth-order valence-electron chi connectivity index (χ4n) is 3.27. The van der Waals surface area contributed by atoms with Crippen molar-refractivity contribution in [3.8, 4) is 0 Å². The Morgan fingerprint density at radius 2 is 2.11 bits per heavy atom. The molecule has 0 aliphatic carbocycles. The number of hydrogen-bond donors (Lipinski definition) is 2. The third-order valence-corrected chi connectivity index (χ3v) is 3.98. The summed E-state index contributed by atoms with van der Waals surface area (Å²) >= 11 is 0. The molecule has 2 aliphatic heterocycles. The number of ether oxygens (including phenoxy) is 1. The van der Waals surface area contributed by atoms with Crippen LogP contribution in [0, 0.1) is 0 Å². The summed E-state index contributed by atoms with van der Waals surface area (Å²) in [6.45, 7) is 5.05. The lowest BCUT2D eigenvalue weighted by molar-refractivity contribution is -0.288. The predicted octanol–water partition coefficient (Wildman–Crippen LogP) is 1.93. The quantitative estimate of drug-likeness (QED) is 0.797. The van der Waals surface area contributed by atoms with Gasteiger partial charge in [-0.25, -0.2) is 0 Å². The van der Waals surface area contributed by atoms with Gasteiger partial charge in [0.1, 0.15) is 0 Å². The topological polar surface area (TPSA) is 41.5 Å². The first-order chi connectivity index (χ1) is 8.51. The summed E-state index contributed by atoms with van der Waals surface area (Å²) in [4.78, 5) is 0. The van der Waals surface area contributed by atoms with E-state index >= 15 is 0 Å². The number of aliphatic hydroxyl groups is 1. The SMILES string of the molecule is CC1(C)Cc2ccccc2[C@](O)([C@H]2CCCN2)O1. The van der Waals surface area contributed by atoms with Gasteiger partial charge >= 0.3 is 0 Å². The van der Waals surface area contributed by atoms with E-state index in [1.807, 2.05) is 32.0 Å². The van der Waals surface area contributed by atoms with Gasteiger partial charge in [-0.2, -0.15) is 0 Å². The molecule has 2 N–H and O–H groups in total. The standard InChI is InChI=1S/C15H21NO2/c1-14(2)10-11-6-3-4-7-12(11)15(17,18-14)13-8-5-9-16-13/h3-4,6-7,13,16-17H,5,8-10H2,1-2H3/t13-,15-/m1/s1. The molecule has 0 bridgehead atoms. The largest absolute Gasteiger partial charge is 0.361 e. The molecule has 3 nitrogen and oxygen atoms in total. The van der Waals surface area contributed by atoms with Crippen LogP contribution in [0.25, 0.3) is 0 Å². The number of hydrogen-bond acceptors (Lipinski definition) is 3. The summed E-state index contributed by atoms with van der Waals surface area (Å²) in [6, 6.07) is 8.09. The molecule has 0 aromatic heterocycles. The highest BCUT2D eigenvalue weighted by Crippen LogP contribution is 2.42. The molecule has 1 fully saturated rings. The summed E-state index contributed by atoms with van der Waals surface area (Å²) in [5.41, 5.74) is 1.81. The third-order valence-electron chi connectivity index (χ3n) is 3.98. The first-order valence-electron chi connectivity index (χ1n) is 6.76.